The molecule has 1 aliphatic heterocycles. The summed E-state index contributed by atoms with van der Waals surface area (Å²) in [7, 11) is -3.56. The maximum absolute atomic E-state index is 11.4. The predicted octanol–water partition coefficient (Wildman–Crippen LogP) is 1.56. The highest BCUT2D eigenvalue weighted by Gasteiger charge is 2.30. The van der Waals surface area contributed by atoms with Crippen LogP contribution >= 0.6 is 15.9 Å². The molecule has 82 valence electrons. The number of hydrogen-bond acceptors (Lipinski definition) is 3. The third-order valence-electron chi connectivity index (χ3n) is 2.35. The normalized spacial score (nSPS) is 20.5. The number of primary sulfonamides is 1. The smallest absolute Gasteiger partial charge is 0.216 e. The molecule has 6 heteroatoms. The van der Waals surface area contributed by atoms with E-state index >= 15 is 0 Å². The fraction of sp³-hybridized carbons (Fsp3) is 0.333. The van der Waals surface area contributed by atoms with E-state index in [1.165, 1.54) is 0 Å². The number of rotatable bonds is 1. The fourth-order valence-electron chi connectivity index (χ4n) is 1.68. The van der Waals surface area contributed by atoms with Gasteiger partial charge >= 0.3 is 0 Å². The molecule has 0 radical (unpaired) electrons. The Morgan fingerprint density at radius 2 is 2.20 bits per heavy atom. The Balaban J connectivity index is 2.55. The molecule has 1 atom stereocenters. The number of nitrogens with two attached hydrogens (primary N) is 1. The zero-order chi connectivity index (χ0) is 11.1. The predicted molar refractivity (Wildman–Crippen MR) is 60.1 cm³/mol. The van der Waals surface area contributed by atoms with Gasteiger partial charge in [-0.15, -0.1) is 0 Å². The molecule has 1 unspecified atom stereocenters. The molecule has 0 aliphatic carbocycles. The van der Waals surface area contributed by atoms with Crippen molar-refractivity contribution in [3.63, 3.8) is 0 Å². The van der Waals surface area contributed by atoms with Crippen molar-refractivity contribution in [3.05, 3.63) is 28.2 Å². The number of hydrogen-bond donors (Lipinski definition) is 1. The fourth-order valence-corrected chi connectivity index (χ4v) is 3.02. The lowest BCUT2D eigenvalue weighted by molar-refractivity contribution is 0.283. The van der Waals surface area contributed by atoms with Gasteiger partial charge in [-0.2, -0.15) is 0 Å². The van der Waals surface area contributed by atoms with E-state index in [9.17, 15) is 8.42 Å². The Bertz CT molecular complexity index is 486. The largest absolute Gasteiger partial charge is 0.493 e. The van der Waals surface area contributed by atoms with E-state index in [1.807, 2.05) is 6.07 Å². The highest BCUT2D eigenvalue weighted by Crippen LogP contribution is 2.37. The SMILES string of the molecule is NS(=O)(=O)C1CCOc2ccc(Br)cc21. The molecule has 0 bridgehead atoms. The molecule has 2 rings (SSSR count). The second-order valence-electron chi connectivity index (χ2n) is 3.40. The van der Waals surface area contributed by atoms with Crippen LogP contribution in [0.2, 0.25) is 0 Å². The van der Waals surface area contributed by atoms with Gasteiger partial charge in [0.2, 0.25) is 10.0 Å². The molecule has 0 saturated heterocycles. The molecular formula is C9H10BrNO3S. The Morgan fingerprint density at radius 1 is 1.47 bits per heavy atom. The van der Waals surface area contributed by atoms with Crippen molar-refractivity contribution in [2.75, 3.05) is 6.61 Å². The van der Waals surface area contributed by atoms with Crippen LogP contribution < -0.4 is 9.88 Å². The van der Waals surface area contributed by atoms with Crippen LogP contribution in [-0.2, 0) is 10.0 Å². The first-order chi connectivity index (χ1) is 6.98. The third-order valence-corrected chi connectivity index (χ3v) is 4.13. The molecule has 0 aromatic heterocycles. The van der Waals surface area contributed by atoms with Crippen LogP contribution in [0.3, 0.4) is 0 Å². The van der Waals surface area contributed by atoms with Crippen molar-refractivity contribution in [1.29, 1.82) is 0 Å². The van der Waals surface area contributed by atoms with Crippen molar-refractivity contribution in [3.8, 4) is 5.75 Å². The van der Waals surface area contributed by atoms with Crippen molar-refractivity contribution < 1.29 is 13.2 Å². The van der Waals surface area contributed by atoms with E-state index in [0.29, 0.717) is 24.3 Å². The van der Waals surface area contributed by atoms with Crippen LogP contribution in [0.5, 0.6) is 5.75 Å². The maximum Gasteiger partial charge on any atom is 0.216 e. The van der Waals surface area contributed by atoms with Gasteiger partial charge in [0.05, 0.1) is 6.61 Å². The van der Waals surface area contributed by atoms with Gasteiger partial charge < -0.3 is 4.74 Å². The maximum atomic E-state index is 11.4. The van der Waals surface area contributed by atoms with E-state index in [4.69, 9.17) is 9.88 Å². The summed E-state index contributed by atoms with van der Waals surface area (Å²) in [6, 6.07) is 5.30. The molecule has 1 aliphatic rings. The minimum absolute atomic E-state index is 0.385. The Hall–Kier alpha value is -0.590. The third kappa shape index (κ3) is 2.16. The topological polar surface area (TPSA) is 69.4 Å². The Kier molecular flexibility index (Phi) is 2.74. The summed E-state index contributed by atoms with van der Waals surface area (Å²) < 4.78 is 28.9. The number of benzene rings is 1. The average molecular weight is 292 g/mol. The Morgan fingerprint density at radius 3 is 2.87 bits per heavy atom. The summed E-state index contributed by atoms with van der Waals surface area (Å²) in [6.45, 7) is 0.385. The molecule has 1 heterocycles. The lowest BCUT2D eigenvalue weighted by atomic mass is 10.1. The van der Waals surface area contributed by atoms with Gasteiger partial charge in [0.25, 0.3) is 0 Å². The first kappa shape index (κ1) is 10.9. The molecule has 2 N–H and O–H groups in total. The van der Waals surface area contributed by atoms with Crippen molar-refractivity contribution in [2.45, 2.75) is 11.7 Å². The van der Waals surface area contributed by atoms with Gasteiger partial charge in [0.15, 0.2) is 0 Å². The molecule has 0 saturated carbocycles. The van der Waals surface area contributed by atoms with Crippen LogP contribution in [0.15, 0.2) is 22.7 Å². The van der Waals surface area contributed by atoms with Crippen LogP contribution in [-0.4, -0.2) is 15.0 Å². The second kappa shape index (κ2) is 3.77. The lowest BCUT2D eigenvalue weighted by Gasteiger charge is -2.24. The summed E-state index contributed by atoms with van der Waals surface area (Å²) >= 11 is 3.29. The number of ether oxygens (including phenoxy) is 1. The second-order valence-corrected chi connectivity index (χ2v) is 6.06. The van der Waals surface area contributed by atoms with Crippen LogP contribution in [0.4, 0.5) is 0 Å². The van der Waals surface area contributed by atoms with Gasteiger partial charge in [0, 0.05) is 16.5 Å². The standard InChI is InChI=1S/C9H10BrNO3S/c10-6-1-2-8-7(5-6)9(3-4-14-8)15(11,12)13/h1-2,5,9H,3-4H2,(H2,11,12,13). The molecule has 0 fully saturated rings. The first-order valence-corrected chi connectivity index (χ1v) is 6.82. The molecule has 15 heavy (non-hydrogen) atoms. The molecule has 1 aromatic rings. The summed E-state index contributed by atoms with van der Waals surface area (Å²) in [5.74, 6) is 0.600. The number of fused-ring (bicyclic) bond motifs is 1. The minimum Gasteiger partial charge on any atom is -0.493 e. The first-order valence-electron chi connectivity index (χ1n) is 4.42. The van der Waals surface area contributed by atoms with Crippen molar-refractivity contribution in [1.82, 2.24) is 0 Å². The van der Waals surface area contributed by atoms with Crippen molar-refractivity contribution in [2.24, 2.45) is 5.14 Å². The molecule has 1 aromatic carbocycles. The minimum atomic E-state index is -3.56. The van der Waals surface area contributed by atoms with E-state index in [2.05, 4.69) is 15.9 Å². The van der Waals surface area contributed by atoms with Crippen LogP contribution in [0, 0.1) is 0 Å². The van der Waals surface area contributed by atoms with E-state index < -0.39 is 15.3 Å². The molecule has 0 spiro atoms. The zero-order valence-corrected chi connectivity index (χ0v) is 10.2. The highest BCUT2D eigenvalue weighted by molar-refractivity contribution is 9.10. The average Bonchev–Trinajstić information content (AvgIpc) is 2.15. The zero-order valence-electron chi connectivity index (χ0n) is 7.81. The van der Waals surface area contributed by atoms with Gasteiger partial charge in [0.1, 0.15) is 11.0 Å². The van der Waals surface area contributed by atoms with Gasteiger partial charge in [-0.1, -0.05) is 15.9 Å². The van der Waals surface area contributed by atoms with Gasteiger partial charge in [-0.05, 0) is 18.2 Å². The van der Waals surface area contributed by atoms with Crippen LogP contribution in [0.1, 0.15) is 17.2 Å². The highest BCUT2D eigenvalue weighted by atomic mass is 79.9. The summed E-state index contributed by atoms with van der Waals surface area (Å²) in [5, 5.41) is 4.52. The summed E-state index contributed by atoms with van der Waals surface area (Å²) in [4.78, 5) is 0. The quantitative estimate of drug-likeness (QED) is 0.854. The van der Waals surface area contributed by atoms with Crippen LogP contribution in [0.25, 0.3) is 0 Å². The van der Waals surface area contributed by atoms with Gasteiger partial charge in [-0.25, -0.2) is 13.6 Å². The van der Waals surface area contributed by atoms with Gasteiger partial charge in [-0.3, -0.25) is 0 Å². The Labute approximate surface area is 96.6 Å². The van der Waals surface area contributed by atoms with E-state index in [0.717, 1.165) is 4.47 Å². The molecular weight excluding hydrogens is 282 g/mol. The van der Waals surface area contributed by atoms with Crippen molar-refractivity contribution >= 4 is 26.0 Å². The monoisotopic (exact) mass is 291 g/mol. The summed E-state index contributed by atoms with van der Waals surface area (Å²) in [6.07, 6.45) is 0.405. The molecule has 0 amide bonds. The molecule has 4 nitrogen and oxygen atoms in total. The number of sulfonamides is 1. The lowest BCUT2D eigenvalue weighted by Crippen LogP contribution is -2.26. The van der Waals surface area contributed by atoms with E-state index in [-0.39, 0.29) is 0 Å². The summed E-state index contributed by atoms with van der Waals surface area (Å²) in [5.41, 5.74) is 0.637. The number of halogens is 1. The van der Waals surface area contributed by atoms with E-state index in [1.54, 1.807) is 12.1 Å².